The molecule has 8 nitrogen and oxygen atoms in total. The van der Waals surface area contributed by atoms with Crippen molar-refractivity contribution in [2.45, 2.75) is 6.42 Å². The van der Waals surface area contributed by atoms with Gasteiger partial charge in [0.2, 0.25) is 0 Å². The van der Waals surface area contributed by atoms with Crippen LogP contribution in [0.5, 0.6) is 5.75 Å². The molecule has 0 bridgehead atoms. The Kier molecular flexibility index (Phi) is 5.61. The van der Waals surface area contributed by atoms with E-state index in [4.69, 9.17) is 9.84 Å². The summed E-state index contributed by atoms with van der Waals surface area (Å²) in [7, 11) is 0. The second kappa shape index (κ2) is 8.66. The van der Waals surface area contributed by atoms with Crippen molar-refractivity contribution in [1.82, 2.24) is 4.98 Å². The molecule has 1 aromatic heterocycles. The number of para-hydroxylation sites is 1. The van der Waals surface area contributed by atoms with E-state index in [2.05, 4.69) is 10.3 Å². The number of carbonyl (C=O) groups excluding carboxylic acids is 2. The predicted molar refractivity (Wildman–Crippen MR) is 114 cm³/mol. The highest BCUT2D eigenvalue weighted by molar-refractivity contribution is 6.02. The van der Waals surface area contributed by atoms with Crippen LogP contribution < -0.4 is 15.0 Å². The lowest BCUT2D eigenvalue weighted by molar-refractivity contribution is 0.0697. The van der Waals surface area contributed by atoms with Crippen LogP contribution in [0.2, 0.25) is 0 Å². The molecular weight excluding hydrogens is 398 g/mol. The molecule has 156 valence electrons. The summed E-state index contributed by atoms with van der Waals surface area (Å²) in [6.45, 7) is 0.647. The van der Waals surface area contributed by atoms with Crippen LogP contribution in [0.3, 0.4) is 0 Å². The van der Waals surface area contributed by atoms with E-state index in [1.807, 2.05) is 18.2 Å². The van der Waals surface area contributed by atoms with E-state index in [0.29, 0.717) is 41.5 Å². The van der Waals surface area contributed by atoms with Gasteiger partial charge in [-0.3, -0.25) is 9.69 Å². The molecule has 0 atom stereocenters. The van der Waals surface area contributed by atoms with Crippen LogP contribution >= 0.6 is 0 Å². The molecule has 0 spiro atoms. The maximum Gasteiger partial charge on any atom is 0.335 e. The van der Waals surface area contributed by atoms with Crippen molar-refractivity contribution in [3.63, 3.8) is 0 Å². The quantitative estimate of drug-likeness (QED) is 0.614. The number of rotatable bonds is 5. The zero-order valence-electron chi connectivity index (χ0n) is 16.4. The number of ketones is 1. The third-order valence-corrected chi connectivity index (χ3v) is 4.78. The Morgan fingerprint density at radius 1 is 1.03 bits per heavy atom. The highest BCUT2D eigenvalue weighted by Gasteiger charge is 2.26. The number of carbonyl (C=O) groups is 3. The van der Waals surface area contributed by atoms with E-state index in [1.54, 1.807) is 24.3 Å². The first kappa shape index (κ1) is 20.1. The summed E-state index contributed by atoms with van der Waals surface area (Å²) >= 11 is 0. The van der Waals surface area contributed by atoms with Gasteiger partial charge in [-0.25, -0.2) is 14.6 Å². The van der Waals surface area contributed by atoms with E-state index >= 15 is 0 Å². The fourth-order valence-corrected chi connectivity index (χ4v) is 3.26. The van der Waals surface area contributed by atoms with Crippen LogP contribution in [0, 0.1) is 0 Å². The highest BCUT2D eigenvalue weighted by atomic mass is 16.5. The van der Waals surface area contributed by atoms with Gasteiger partial charge in [0.05, 0.1) is 12.1 Å². The Labute approximate surface area is 178 Å². The molecule has 1 aliphatic heterocycles. The zero-order valence-corrected chi connectivity index (χ0v) is 16.4. The number of fused-ring (bicyclic) bond motifs is 1. The van der Waals surface area contributed by atoms with Crippen molar-refractivity contribution in [1.29, 1.82) is 0 Å². The number of carboxylic acids is 1. The van der Waals surface area contributed by atoms with Crippen molar-refractivity contribution in [3.05, 3.63) is 83.6 Å². The van der Waals surface area contributed by atoms with Gasteiger partial charge in [-0.05, 0) is 35.9 Å². The van der Waals surface area contributed by atoms with Gasteiger partial charge in [0.25, 0.3) is 0 Å². The topological polar surface area (TPSA) is 109 Å². The van der Waals surface area contributed by atoms with Crippen LogP contribution in [0.25, 0.3) is 0 Å². The normalized spacial score (nSPS) is 12.5. The van der Waals surface area contributed by atoms with Crippen LogP contribution in [0.15, 0.2) is 66.9 Å². The second-order valence-corrected chi connectivity index (χ2v) is 6.95. The Morgan fingerprint density at radius 3 is 2.58 bits per heavy atom. The van der Waals surface area contributed by atoms with Crippen molar-refractivity contribution < 1.29 is 24.2 Å². The largest absolute Gasteiger partial charge is 0.488 e. The molecule has 0 unspecified atom stereocenters. The minimum absolute atomic E-state index is 0.0307. The Bertz CT molecular complexity index is 1150. The molecule has 2 aromatic carbocycles. The number of hydrogen-bond donors (Lipinski definition) is 2. The van der Waals surface area contributed by atoms with Gasteiger partial charge in [-0.15, -0.1) is 0 Å². The standard InChI is InChI=1S/C23H19N3O5/c27-19(16-5-4-6-17(13-16)22(28)29)11-15-12-20-21(24-14-15)26(9-10-31-20)23(30)25-18-7-2-1-3-8-18/h1-8,12-14H,9-11H2,(H,25,30)(H,28,29). The van der Waals surface area contributed by atoms with Crippen molar-refractivity contribution in [3.8, 4) is 5.75 Å². The number of aromatic carboxylic acids is 1. The summed E-state index contributed by atoms with van der Waals surface area (Å²) in [5.74, 6) is -0.533. The van der Waals surface area contributed by atoms with E-state index in [1.165, 1.54) is 29.3 Å². The number of nitrogens with zero attached hydrogens (tertiary/aromatic N) is 2. The summed E-state index contributed by atoms with van der Waals surface area (Å²) in [6, 6.07) is 16.4. The molecule has 3 aromatic rings. The predicted octanol–water partition coefficient (Wildman–Crippen LogP) is 3.64. The number of urea groups is 1. The van der Waals surface area contributed by atoms with Gasteiger partial charge in [-0.2, -0.15) is 0 Å². The Hall–Kier alpha value is -4.20. The number of amides is 2. The lowest BCUT2D eigenvalue weighted by Crippen LogP contribution is -2.41. The van der Waals surface area contributed by atoms with Crippen molar-refractivity contribution in [2.75, 3.05) is 23.4 Å². The van der Waals surface area contributed by atoms with Gasteiger partial charge in [0, 0.05) is 23.9 Å². The molecule has 31 heavy (non-hydrogen) atoms. The molecule has 2 N–H and O–H groups in total. The van der Waals surface area contributed by atoms with Gasteiger partial charge >= 0.3 is 12.0 Å². The molecule has 0 saturated heterocycles. The maximum atomic E-state index is 12.7. The van der Waals surface area contributed by atoms with Gasteiger partial charge < -0.3 is 15.2 Å². The number of pyridine rings is 1. The van der Waals surface area contributed by atoms with Crippen molar-refractivity contribution in [2.24, 2.45) is 0 Å². The van der Waals surface area contributed by atoms with Crippen LogP contribution in [-0.2, 0) is 6.42 Å². The third kappa shape index (κ3) is 4.53. The number of nitrogens with one attached hydrogen (secondary N) is 1. The molecule has 0 fully saturated rings. The average molecular weight is 417 g/mol. The fraction of sp³-hybridized carbons (Fsp3) is 0.130. The number of Topliss-reactive ketones (excluding diaryl/α,β-unsaturated/α-hetero) is 1. The van der Waals surface area contributed by atoms with E-state index in [-0.39, 0.29) is 23.8 Å². The minimum atomic E-state index is -1.09. The maximum absolute atomic E-state index is 12.7. The monoisotopic (exact) mass is 417 g/mol. The SMILES string of the molecule is O=C(O)c1cccc(C(=O)Cc2cnc3c(c2)OCCN3C(=O)Nc2ccccc2)c1. The lowest BCUT2D eigenvalue weighted by atomic mass is 10.0. The van der Waals surface area contributed by atoms with Crippen LogP contribution in [0.4, 0.5) is 16.3 Å². The molecule has 1 aliphatic rings. The number of anilines is 2. The molecule has 8 heteroatoms. The first-order chi connectivity index (χ1) is 15.0. The molecular formula is C23H19N3O5. The number of benzene rings is 2. The Balaban J connectivity index is 1.50. The van der Waals surface area contributed by atoms with E-state index in [0.717, 1.165) is 0 Å². The highest BCUT2D eigenvalue weighted by Crippen LogP contribution is 2.31. The number of carboxylic acid groups (broad SMARTS) is 1. The minimum Gasteiger partial charge on any atom is -0.488 e. The van der Waals surface area contributed by atoms with Crippen LogP contribution in [0.1, 0.15) is 26.3 Å². The smallest absolute Gasteiger partial charge is 0.335 e. The Morgan fingerprint density at radius 2 is 1.81 bits per heavy atom. The fourth-order valence-electron chi connectivity index (χ4n) is 3.26. The average Bonchev–Trinajstić information content (AvgIpc) is 2.79. The van der Waals surface area contributed by atoms with Gasteiger partial charge in [0.1, 0.15) is 6.61 Å². The summed E-state index contributed by atoms with van der Waals surface area (Å²) in [6.07, 6.45) is 1.55. The van der Waals surface area contributed by atoms with E-state index in [9.17, 15) is 14.4 Å². The van der Waals surface area contributed by atoms with E-state index < -0.39 is 5.97 Å². The first-order valence-electron chi connectivity index (χ1n) is 9.63. The van der Waals surface area contributed by atoms with Gasteiger partial charge in [-0.1, -0.05) is 30.3 Å². The molecule has 2 heterocycles. The van der Waals surface area contributed by atoms with Crippen molar-refractivity contribution >= 4 is 29.3 Å². The number of hydrogen-bond acceptors (Lipinski definition) is 5. The molecule has 0 saturated carbocycles. The number of aromatic nitrogens is 1. The molecule has 4 rings (SSSR count). The second-order valence-electron chi connectivity index (χ2n) is 6.95. The third-order valence-electron chi connectivity index (χ3n) is 4.78. The summed E-state index contributed by atoms with van der Waals surface area (Å²) in [4.78, 5) is 42.2. The summed E-state index contributed by atoms with van der Waals surface area (Å²) < 4.78 is 5.66. The summed E-state index contributed by atoms with van der Waals surface area (Å²) in [5.41, 5.74) is 1.64. The molecule has 0 aliphatic carbocycles. The lowest BCUT2D eigenvalue weighted by Gasteiger charge is -2.28. The van der Waals surface area contributed by atoms with Gasteiger partial charge in [0.15, 0.2) is 17.4 Å². The summed E-state index contributed by atoms with van der Waals surface area (Å²) in [5, 5.41) is 11.9. The zero-order chi connectivity index (χ0) is 21.8. The number of ether oxygens (including phenoxy) is 1. The van der Waals surface area contributed by atoms with Crippen LogP contribution in [-0.4, -0.2) is 41.0 Å². The molecule has 2 amide bonds. The first-order valence-corrected chi connectivity index (χ1v) is 9.63. The molecule has 0 radical (unpaired) electrons.